The Labute approximate surface area is 113 Å². The number of nitrogens with zero attached hydrogens (tertiary/aromatic N) is 2. The Kier molecular flexibility index (Phi) is 2.78. The second-order valence-electron chi connectivity index (χ2n) is 4.78. The number of H-pyrrole nitrogens is 2. The van der Waals surface area contributed by atoms with Crippen LogP contribution in [0.1, 0.15) is 51.3 Å². The van der Waals surface area contributed by atoms with Crippen LogP contribution in [-0.4, -0.2) is 37.1 Å². The highest BCUT2D eigenvalue weighted by Crippen LogP contribution is 2.37. The number of aromatic carboxylic acids is 1. The van der Waals surface area contributed by atoms with Crippen molar-refractivity contribution in [3.8, 4) is 0 Å². The molecular weight excluding hydrogens is 262 g/mol. The zero-order valence-electron chi connectivity index (χ0n) is 10.7. The molecule has 1 saturated carbocycles. The topological polar surface area (TPSA) is 124 Å². The van der Waals surface area contributed by atoms with Crippen LogP contribution in [-0.2, 0) is 0 Å². The number of carboxylic acids is 1. The summed E-state index contributed by atoms with van der Waals surface area (Å²) in [6, 6.07) is 0. The van der Waals surface area contributed by atoms with Crippen LogP contribution in [0.25, 0.3) is 0 Å². The lowest BCUT2D eigenvalue weighted by Crippen LogP contribution is -2.15. The summed E-state index contributed by atoms with van der Waals surface area (Å²) < 4.78 is 0. The van der Waals surface area contributed by atoms with Crippen LogP contribution < -0.4 is 5.32 Å². The molecule has 0 saturated heterocycles. The second-order valence-corrected chi connectivity index (χ2v) is 4.78. The Bertz CT molecular complexity index is 683. The third-order valence-electron chi connectivity index (χ3n) is 3.21. The Morgan fingerprint density at radius 2 is 2.20 bits per heavy atom. The number of aromatic nitrogens is 4. The van der Waals surface area contributed by atoms with Crippen molar-refractivity contribution in [2.24, 2.45) is 0 Å². The number of nitrogens with one attached hydrogen (secondary N) is 3. The normalized spacial score (nSPS) is 14.2. The predicted octanol–water partition coefficient (Wildman–Crippen LogP) is 1.27. The minimum atomic E-state index is -1.10. The van der Waals surface area contributed by atoms with Crippen LogP contribution in [0.2, 0.25) is 0 Å². The summed E-state index contributed by atoms with van der Waals surface area (Å²) in [5.74, 6) is -0.545. The third-order valence-corrected chi connectivity index (χ3v) is 3.21. The minimum absolute atomic E-state index is 0.0158. The monoisotopic (exact) mass is 275 g/mol. The lowest BCUT2D eigenvalue weighted by atomic mass is 10.2. The highest BCUT2D eigenvalue weighted by molar-refractivity contribution is 6.06. The summed E-state index contributed by atoms with van der Waals surface area (Å²) in [4.78, 5) is 30.0. The molecule has 0 aliphatic heterocycles. The first-order chi connectivity index (χ1) is 9.56. The first kappa shape index (κ1) is 12.4. The van der Waals surface area contributed by atoms with E-state index in [9.17, 15) is 9.59 Å². The number of rotatable bonds is 4. The van der Waals surface area contributed by atoms with Crippen molar-refractivity contribution >= 4 is 17.6 Å². The number of anilines is 1. The van der Waals surface area contributed by atoms with Gasteiger partial charge < -0.3 is 15.4 Å². The molecule has 0 atom stereocenters. The van der Waals surface area contributed by atoms with Gasteiger partial charge in [-0.3, -0.25) is 9.89 Å². The Morgan fingerprint density at radius 1 is 1.45 bits per heavy atom. The number of amides is 1. The Balaban J connectivity index is 1.79. The van der Waals surface area contributed by atoms with Crippen molar-refractivity contribution in [3.63, 3.8) is 0 Å². The van der Waals surface area contributed by atoms with Gasteiger partial charge in [0.05, 0.1) is 5.69 Å². The molecule has 1 aliphatic carbocycles. The molecule has 8 nitrogen and oxygen atoms in total. The second kappa shape index (κ2) is 4.48. The maximum atomic E-state index is 12.0. The lowest BCUT2D eigenvalue weighted by molar-refractivity contribution is 0.0697. The molecule has 4 N–H and O–H groups in total. The molecular formula is C12H13N5O3. The average molecular weight is 275 g/mol. The van der Waals surface area contributed by atoms with Crippen LogP contribution in [0, 0.1) is 6.92 Å². The van der Waals surface area contributed by atoms with Crippen molar-refractivity contribution in [2.75, 3.05) is 5.32 Å². The van der Waals surface area contributed by atoms with Gasteiger partial charge in [0.2, 0.25) is 5.82 Å². The van der Waals surface area contributed by atoms with E-state index in [4.69, 9.17) is 5.11 Å². The zero-order chi connectivity index (χ0) is 14.3. The van der Waals surface area contributed by atoms with Gasteiger partial charge in [0.1, 0.15) is 11.4 Å². The first-order valence-corrected chi connectivity index (χ1v) is 6.21. The van der Waals surface area contributed by atoms with Crippen molar-refractivity contribution in [3.05, 3.63) is 29.1 Å². The molecule has 104 valence electrons. The van der Waals surface area contributed by atoms with Crippen LogP contribution in [0.5, 0.6) is 0 Å². The van der Waals surface area contributed by atoms with Gasteiger partial charge in [-0.05, 0) is 19.8 Å². The van der Waals surface area contributed by atoms with Gasteiger partial charge >= 0.3 is 5.97 Å². The maximum Gasteiger partial charge on any atom is 0.339 e. The van der Waals surface area contributed by atoms with Gasteiger partial charge in [-0.2, -0.15) is 0 Å². The first-order valence-electron chi connectivity index (χ1n) is 6.21. The van der Waals surface area contributed by atoms with E-state index in [0.29, 0.717) is 17.4 Å². The van der Waals surface area contributed by atoms with E-state index in [-0.39, 0.29) is 17.1 Å². The summed E-state index contributed by atoms with van der Waals surface area (Å²) in [5, 5.41) is 18.2. The minimum Gasteiger partial charge on any atom is -0.478 e. The lowest BCUT2D eigenvalue weighted by Gasteiger charge is -2.01. The Hall–Kier alpha value is -2.64. The van der Waals surface area contributed by atoms with Crippen LogP contribution in [0.4, 0.5) is 5.69 Å². The van der Waals surface area contributed by atoms with Gasteiger partial charge in [0.15, 0.2) is 0 Å². The van der Waals surface area contributed by atoms with E-state index in [1.807, 2.05) is 0 Å². The van der Waals surface area contributed by atoms with Crippen molar-refractivity contribution in [1.29, 1.82) is 0 Å². The molecule has 2 heterocycles. The molecule has 1 amide bonds. The highest BCUT2D eigenvalue weighted by Gasteiger charge is 2.28. The molecule has 1 aliphatic rings. The SMILES string of the molecule is Cc1[nH]cc(NC(=O)c2n[nH]c(C3CC3)n2)c1C(=O)O. The number of hydrogen-bond acceptors (Lipinski definition) is 4. The standard InChI is InChI=1S/C12H13N5O3/c1-5-8(12(19)20)7(4-13-5)14-11(18)10-15-9(16-17-10)6-2-3-6/h4,6,13H,2-3H2,1H3,(H,14,18)(H,19,20)(H,15,16,17). The summed E-state index contributed by atoms with van der Waals surface area (Å²) in [7, 11) is 0. The average Bonchev–Trinajstić information content (AvgIpc) is 3.00. The zero-order valence-corrected chi connectivity index (χ0v) is 10.7. The maximum absolute atomic E-state index is 12.0. The largest absolute Gasteiger partial charge is 0.478 e. The molecule has 0 unspecified atom stereocenters. The van der Waals surface area contributed by atoms with Gasteiger partial charge in [0.25, 0.3) is 5.91 Å². The molecule has 3 rings (SSSR count). The van der Waals surface area contributed by atoms with Gasteiger partial charge in [-0.25, -0.2) is 9.78 Å². The Morgan fingerprint density at radius 3 is 2.85 bits per heavy atom. The van der Waals surface area contributed by atoms with Crippen LogP contribution in [0.15, 0.2) is 6.20 Å². The van der Waals surface area contributed by atoms with Gasteiger partial charge in [-0.15, -0.1) is 5.10 Å². The smallest absolute Gasteiger partial charge is 0.339 e. The van der Waals surface area contributed by atoms with Crippen LogP contribution in [0.3, 0.4) is 0 Å². The van der Waals surface area contributed by atoms with E-state index in [0.717, 1.165) is 12.8 Å². The van der Waals surface area contributed by atoms with E-state index >= 15 is 0 Å². The number of carboxylic acid groups (broad SMARTS) is 1. The van der Waals surface area contributed by atoms with Gasteiger partial charge in [0, 0.05) is 17.8 Å². The van der Waals surface area contributed by atoms with E-state index < -0.39 is 11.9 Å². The molecule has 2 aromatic heterocycles. The molecule has 20 heavy (non-hydrogen) atoms. The molecule has 2 aromatic rings. The third kappa shape index (κ3) is 2.15. The van der Waals surface area contributed by atoms with Crippen molar-refractivity contribution < 1.29 is 14.7 Å². The van der Waals surface area contributed by atoms with Crippen molar-refractivity contribution in [1.82, 2.24) is 20.2 Å². The van der Waals surface area contributed by atoms with Crippen LogP contribution >= 0.6 is 0 Å². The molecule has 0 radical (unpaired) electrons. The van der Waals surface area contributed by atoms with E-state index in [2.05, 4.69) is 25.5 Å². The fourth-order valence-electron chi connectivity index (χ4n) is 1.99. The number of aromatic amines is 2. The van der Waals surface area contributed by atoms with Crippen molar-refractivity contribution in [2.45, 2.75) is 25.7 Å². The number of hydrogen-bond donors (Lipinski definition) is 4. The number of carbonyl (C=O) groups is 2. The predicted molar refractivity (Wildman–Crippen MR) is 68.8 cm³/mol. The fourth-order valence-corrected chi connectivity index (χ4v) is 1.99. The molecule has 0 spiro atoms. The van der Waals surface area contributed by atoms with E-state index in [1.54, 1.807) is 6.92 Å². The highest BCUT2D eigenvalue weighted by atomic mass is 16.4. The van der Waals surface area contributed by atoms with E-state index in [1.165, 1.54) is 6.20 Å². The molecule has 0 aromatic carbocycles. The number of aryl methyl sites for hydroxylation is 1. The summed E-state index contributed by atoms with van der Waals surface area (Å²) in [6.07, 6.45) is 3.54. The quantitative estimate of drug-likeness (QED) is 0.669. The molecule has 0 bridgehead atoms. The number of carbonyl (C=O) groups excluding carboxylic acids is 1. The molecule has 8 heteroatoms. The molecule has 1 fully saturated rings. The summed E-state index contributed by atoms with van der Waals surface area (Å²) in [5.41, 5.74) is 0.718. The summed E-state index contributed by atoms with van der Waals surface area (Å²) >= 11 is 0. The van der Waals surface area contributed by atoms with Gasteiger partial charge in [-0.1, -0.05) is 0 Å². The summed E-state index contributed by atoms with van der Waals surface area (Å²) in [6.45, 7) is 1.62. The fraction of sp³-hybridized carbons (Fsp3) is 0.333.